The van der Waals surface area contributed by atoms with Crippen LogP contribution in [0.3, 0.4) is 0 Å². The third kappa shape index (κ3) is 9.17. The lowest BCUT2D eigenvalue weighted by Gasteiger charge is -2.16. The third-order valence-electron chi connectivity index (χ3n) is 4.96. The molecule has 31 heavy (non-hydrogen) atoms. The number of nitrogens with two attached hydrogens (primary N) is 1. The SMILES string of the molecule is C/C=C(CCc1ccc(C(=O)NCCCC(=O)O)cc1)\C(C(=O)NCN)=C(\C)CCC. The summed E-state index contributed by atoms with van der Waals surface area (Å²) < 4.78 is 0. The molecule has 1 aromatic carbocycles. The standard InChI is InChI=1S/C24H35N3O4/c1-4-7-17(3)22(24(31)27-16-25)19(5-2)12-9-18-10-13-20(14-11-18)23(30)26-15-6-8-21(28)29/h5,10-11,13-14H,4,6-9,12,15-16,25H2,1-3H3,(H,26,30)(H,27,31)(H,28,29)/b19-5-,22-17+. The number of carboxylic acid groups (broad SMARTS) is 1. The number of allylic oxidation sites excluding steroid dienone is 2. The van der Waals surface area contributed by atoms with E-state index in [0.717, 1.165) is 36.0 Å². The lowest BCUT2D eigenvalue weighted by Crippen LogP contribution is -2.31. The predicted molar refractivity (Wildman–Crippen MR) is 123 cm³/mol. The third-order valence-corrected chi connectivity index (χ3v) is 4.96. The number of carbonyl (C=O) groups is 3. The van der Waals surface area contributed by atoms with Crippen molar-refractivity contribution in [2.75, 3.05) is 13.2 Å². The minimum atomic E-state index is -0.873. The van der Waals surface area contributed by atoms with Gasteiger partial charge in [0.25, 0.3) is 11.8 Å². The Labute approximate surface area is 184 Å². The van der Waals surface area contributed by atoms with Crippen LogP contribution < -0.4 is 16.4 Å². The fraction of sp³-hybridized carbons (Fsp3) is 0.458. The Morgan fingerprint density at radius 2 is 1.74 bits per heavy atom. The number of benzene rings is 1. The van der Waals surface area contributed by atoms with Gasteiger partial charge in [0.1, 0.15) is 0 Å². The van der Waals surface area contributed by atoms with Crippen LogP contribution >= 0.6 is 0 Å². The van der Waals surface area contributed by atoms with E-state index in [2.05, 4.69) is 17.6 Å². The average molecular weight is 430 g/mol. The van der Waals surface area contributed by atoms with Crippen LogP contribution in [0.1, 0.15) is 68.8 Å². The van der Waals surface area contributed by atoms with Crippen LogP contribution in [0.25, 0.3) is 0 Å². The first-order valence-corrected chi connectivity index (χ1v) is 10.8. The molecule has 0 spiro atoms. The molecule has 7 nitrogen and oxygen atoms in total. The van der Waals surface area contributed by atoms with E-state index in [1.54, 1.807) is 12.1 Å². The summed E-state index contributed by atoms with van der Waals surface area (Å²) in [6.07, 6.45) is 5.65. The van der Waals surface area contributed by atoms with Gasteiger partial charge in [0, 0.05) is 24.1 Å². The number of amides is 2. The summed E-state index contributed by atoms with van der Waals surface area (Å²) in [5, 5.41) is 14.1. The molecule has 0 saturated carbocycles. The molecular weight excluding hydrogens is 394 g/mol. The number of nitrogens with one attached hydrogen (secondary N) is 2. The van der Waals surface area contributed by atoms with Gasteiger partial charge in [0.05, 0.1) is 6.67 Å². The Balaban J connectivity index is 2.77. The van der Waals surface area contributed by atoms with Gasteiger partial charge >= 0.3 is 5.97 Å². The lowest BCUT2D eigenvalue weighted by atomic mass is 9.92. The summed E-state index contributed by atoms with van der Waals surface area (Å²) >= 11 is 0. The van der Waals surface area contributed by atoms with Crippen LogP contribution in [-0.4, -0.2) is 36.1 Å². The average Bonchev–Trinajstić information content (AvgIpc) is 2.74. The van der Waals surface area contributed by atoms with E-state index in [0.29, 0.717) is 30.5 Å². The lowest BCUT2D eigenvalue weighted by molar-refractivity contribution is -0.137. The van der Waals surface area contributed by atoms with Gasteiger partial charge < -0.3 is 21.5 Å². The predicted octanol–water partition coefficient (Wildman–Crippen LogP) is 3.31. The van der Waals surface area contributed by atoms with Gasteiger partial charge in [0.15, 0.2) is 0 Å². The largest absolute Gasteiger partial charge is 0.481 e. The first-order valence-electron chi connectivity index (χ1n) is 10.8. The molecule has 0 bridgehead atoms. The fourth-order valence-electron chi connectivity index (χ4n) is 3.35. The van der Waals surface area contributed by atoms with Crippen molar-refractivity contribution in [3.8, 4) is 0 Å². The van der Waals surface area contributed by atoms with Crippen LogP contribution in [-0.2, 0) is 16.0 Å². The van der Waals surface area contributed by atoms with E-state index in [1.807, 2.05) is 32.1 Å². The first-order chi connectivity index (χ1) is 14.8. The van der Waals surface area contributed by atoms with Crippen LogP contribution in [0.4, 0.5) is 0 Å². The van der Waals surface area contributed by atoms with Gasteiger partial charge in [-0.3, -0.25) is 14.4 Å². The van der Waals surface area contributed by atoms with Crippen LogP contribution in [0, 0.1) is 0 Å². The Morgan fingerprint density at radius 1 is 1.06 bits per heavy atom. The molecule has 5 N–H and O–H groups in total. The molecule has 1 rings (SSSR count). The number of hydrogen-bond donors (Lipinski definition) is 4. The van der Waals surface area contributed by atoms with Crippen molar-refractivity contribution in [2.24, 2.45) is 5.73 Å². The van der Waals surface area contributed by atoms with Crippen molar-refractivity contribution in [3.63, 3.8) is 0 Å². The smallest absolute Gasteiger partial charge is 0.303 e. The van der Waals surface area contributed by atoms with E-state index >= 15 is 0 Å². The highest BCUT2D eigenvalue weighted by atomic mass is 16.4. The highest BCUT2D eigenvalue weighted by Gasteiger charge is 2.16. The number of rotatable bonds is 13. The molecule has 0 heterocycles. The molecule has 0 fully saturated rings. The zero-order valence-electron chi connectivity index (χ0n) is 18.8. The Hall–Kier alpha value is -2.93. The number of carboxylic acids is 1. The molecule has 0 aliphatic rings. The molecular formula is C24H35N3O4. The maximum absolute atomic E-state index is 12.6. The van der Waals surface area contributed by atoms with E-state index in [1.165, 1.54) is 0 Å². The van der Waals surface area contributed by atoms with Crippen LogP contribution in [0.15, 0.2) is 47.1 Å². The Bertz CT molecular complexity index is 811. The van der Waals surface area contributed by atoms with Gasteiger partial charge in [-0.25, -0.2) is 0 Å². The number of aryl methyl sites for hydroxylation is 1. The zero-order valence-corrected chi connectivity index (χ0v) is 18.8. The molecule has 0 atom stereocenters. The molecule has 0 aliphatic heterocycles. The van der Waals surface area contributed by atoms with E-state index in [-0.39, 0.29) is 24.9 Å². The summed E-state index contributed by atoms with van der Waals surface area (Å²) in [5.74, 6) is -1.23. The topological polar surface area (TPSA) is 122 Å². The van der Waals surface area contributed by atoms with Gasteiger partial charge in [-0.15, -0.1) is 0 Å². The second-order valence-corrected chi connectivity index (χ2v) is 7.38. The van der Waals surface area contributed by atoms with Gasteiger partial charge in [-0.1, -0.05) is 37.1 Å². The normalized spacial score (nSPS) is 12.2. The molecule has 0 saturated heterocycles. The first kappa shape index (κ1) is 26.1. The van der Waals surface area contributed by atoms with Crippen molar-refractivity contribution in [1.29, 1.82) is 0 Å². The number of hydrogen-bond acceptors (Lipinski definition) is 4. The molecule has 0 aromatic heterocycles. The minimum Gasteiger partial charge on any atom is -0.481 e. The molecule has 0 aliphatic carbocycles. The van der Waals surface area contributed by atoms with Crippen molar-refractivity contribution in [2.45, 2.75) is 59.3 Å². The highest BCUT2D eigenvalue weighted by Crippen LogP contribution is 2.23. The number of carbonyl (C=O) groups excluding carboxylic acids is 2. The maximum atomic E-state index is 12.6. The molecule has 2 amide bonds. The maximum Gasteiger partial charge on any atom is 0.303 e. The van der Waals surface area contributed by atoms with Crippen LogP contribution in [0.5, 0.6) is 0 Å². The van der Waals surface area contributed by atoms with E-state index < -0.39 is 5.97 Å². The van der Waals surface area contributed by atoms with E-state index in [4.69, 9.17) is 10.8 Å². The summed E-state index contributed by atoms with van der Waals surface area (Å²) in [4.78, 5) is 35.2. The fourth-order valence-corrected chi connectivity index (χ4v) is 3.35. The zero-order chi connectivity index (χ0) is 23.2. The van der Waals surface area contributed by atoms with Crippen molar-refractivity contribution >= 4 is 17.8 Å². The quantitative estimate of drug-likeness (QED) is 0.166. The van der Waals surface area contributed by atoms with Crippen molar-refractivity contribution < 1.29 is 19.5 Å². The molecule has 1 aromatic rings. The molecule has 7 heteroatoms. The highest BCUT2D eigenvalue weighted by molar-refractivity contribution is 5.98. The van der Waals surface area contributed by atoms with E-state index in [9.17, 15) is 14.4 Å². The molecule has 170 valence electrons. The summed E-state index contributed by atoms with van der Waals surface area (Å²) in [5.41, 5.74) is 9.85. The Kier molecular flexibility index (Phi) is 11.9. The monoisotopic (exact) mass is 429 g/mol. The minimum absolute atomic E-state index is 0.0317. The van der Waals surface area contributed by atoms with Gasteiger partial charge in [-0.2, -0.15) is 0 Å². The molecule has 0 unspecified atom stereocenters. The second kappa shape index (κ2) is 14.1. The second-order valence-electron chi connectivity index (χ2n) is 7.38. The summed E-state index contributed by atoms with van der Waals surface area (Å²) in [7, 11) is 0. The summed E-state index contributed by atoms with van der Waals surface area (Å²) in [6, 6.07) is 7.33. The van der Waals surface area contributed by atoms with Crippen LogP contribution in [0.2, 0.25) is 0 Å². The molecule has 0 radical (unpaired) electrons. The summed E-state index contributed by atoms with van der Waals surface area (Å²) in [6.45, 7) is 6.43. The van der Waals surface area contributed by atoms with Gasteiger partial charge in [0.2, 0.25) is 0 Å². The van der Waals surface area contributed by atoms with Crippen molar-refractivity contribution in [1.82, 2.24) is 10.6 Å². The Morgan fingerprint density at radius 3 is 2.29 bits per heavy atom. The van der Waals surface area contributed by atoms with Gasteiger partial charge in [-0.05, 0) is 62.8 Å². The van der Waals surface area contributed by atoms with Crippen molar-refractivity contribution in [3.05, 3.63) is 58.2 Å². The number of aliphatic carboxylic acids is 1.